The molecule has 1 atom stereocenters. The van der Waals surface area contributed by atoms with E-state index in [1.165, 1.54) is 50.0 Å². The first-order chi connectivity index (χ1) is 9.74. The van der Waals surface area contributed by atoms with Crippen molar-refractivity contribution in [1.82, 2.24) is 4.90 Å². The summed E-state index contributed by atoms with van der Waals surface area (Å²) < 4.78 is 0. The SMILES string of the molecule is C[C@@H](N)c1ccc(N2CCN(C3CCCC3)CC2)cc1. The molecule has 0 unspecified atom stereocenters. The Morgan fingerprint density at radius 3 is 2.15 bits per heavy atom. The minimum atomic E-state index is 0.128. The van der Waals surface area contributed by atoms with Gasteiger partial charge < -0.3 is 10.6 Å². The zero-order chi connectivity index (χ0) is 13.9. The summed E-state index contributed by atoms with van der Waals surface area (Å²) in [6.07, 6.45) is 5.71. The van der Waals surface area contributed by atoms with E-state index in [9.17, 15) is 0 Å². The van der Waals surface area contributed by atoms with E-state index < -0.39 is 0 Å². The molecule has 0 radical (unpaired) electrons. The van der Waals surface area contributed by atoms with Gasteiger partial charge in [0.2, 0.25) is 0 Å². The van der Waals surface area contributed by atoms with Gasteiger partial charge in [-0.25, -0.2) is 0 Å². The molecule has 3 heteroatoms. The van der Waals surface area contributed by atoms with Crippen molar-refractivity contribution in [3.05, 3.63) is 29.8 Å². The smallest absolute Gasteiger partial charge is 0.0367 e. The van der Waals surface area contributed by atoms with E-state index >= 15 is 0 Å². The lowest BCUT2D eigenvalue weighted by atomic mass is 10.1. The van der Waals surface area contributed by atoms with Gasteiger partial charge in [-0.05, 0) is 37.5 Å². The number of nitrogens with two attached hydrogens (primary N) is 1. The third kappa shape index (κ3) is 2.99. The summed E-state index contributed by atoms with van der Waals surface area (Å²) in [6.45, 7) is 6.80. The predicted octanol–water partition coefficient (Wildman–Crippen LogP) is 2.77. The Kier molecular flexibility index (Phi) is 4.27. The topological polar surface area (TPSA) is 32.5 Å². The minimum absolute atomic E-state index is 0.128. The average molecular weight is 273 g/mol. The maximum atomic E-state index is 5.91. The van der Waals surface area contributed by atoms with Crippen LogP contribution < -0.4 is 10.6 Å². The van der Waals surface area contributed by atoms with E-state index in [2.05, 4.69) is 34.1 Å². The van der Waals surface area contributed by atoms with Gasteiger partial charge in [0, 0.05) is 44.0 Å². The highest BCUT2D eigenvalue weighted by Gasteiger charge is 2.26. The molecular weight excluding hydrogens is 246 g/mol. The summed E-state index contributed by atoms with van der Waals surface area (Å²) >= 11 is 0. The fourth-order valence-corrected chi connectivity index (χ4v) is 3.60. The van der Waals surface area contributed by atoms with Crippen molar-refractivity contribution in [2.45, 2.75) is 44.7 Å². The number of benzene rings is 1. The van der Waals surface area contributed by atoms with Crippen LogP contribution in [-0.4, -0.2) is 37.1 Å². The van der Waals surface area contributed by atoms with Crippen LogP contribution in [-0.2, 0) is 0 Å². The van der Waals surface area contributed by atoms with Gasteiger partial charge >= 0.3 is 0 Å². The Morgan fingerprint density at radius 1 is 1.00 bits per heavy atom. The van der Waals surface area contributed by atoms with Crippen molar-refractivity contribution in [3.63, 3.8) is 0 Å². The lowest BCUT2D eigenvalue weighted by molar-refractivity contribution is 0.187. The predicted molar refractivity (Wildman–Crippen MR) is 85.1 cm³/mol. The summed E-state index contributed by atoms with van der Waals surface area (Å²) in [5.74, 6) is 0. The lowest BCUT2D eigenvalue weighted by Crippen LogP contribution is -2.49. The molecule has 0 amide bonds. The van der Waals surface area contributed by atoms with Crippen molar-refractivity contribution in [1.29, 1.82) is 0 Å². The van der Waals surface area contributed by atoms with Crippen molar-refractivity contribution >= 4 is 5.69 Å². The highest BCUT2D eigenvalue weighted by atomic mass is 15.3. The summed E-state index contributed by atoms with van der Waals surface area (Å²) in [5, 5.41) is 0. The Hall–Kier alpha value is -1.06. The molecule has 0 aromatic heterocycles. The van der Waals surface area contributed by atoms with Crippen LogP contribution in [0, 0.1) is 0 Å². The number of anilines is 1. The Labute approximate surface area is 122 Å². The summed E-state index contributed by atoms with van der Waals surface area (Å²) in [4.78, 5) is 5.22. The second-order valence-corrected chi connectivity index (χ2v) is 6.34. The van der Waals surface area contributed by atoms with Crippen LogP contribution >= 0.6 is 0 Å². The summed E-state index contributed by atoms with van der Waals surface area (Å²) in [5.41, 5.74) is 8.48. The zero-order valence-corrected chi connectivity index (χ0v) is 12.6. The van der Waals surface area contributed by atoms with Gasteiger partial charge in [-0.15, -0.1) is 0 Å². The summed E-state index contributed by atoms with van der Waals surface area (Å²) in [7, 11) is 0. The third-order valence-electron chi connectivity index (χ3n) is 4.94. The van der Waals surface area contributed by atoms with E-state index in [1.807, 2.05) is 6.92 Å². The fourth-order valence-electron chi connectivity index (χ4n) is 3.60. The van der Waals surface area contributed by atoms with Crippen LogP contribution in [0.4, 0.5) is 5.69 Å². The Balaban J connectivity index is 1.57. The molecule has 1 aliphatic heterocycles. The van der Waals surface area contributed by atoms with Crippen LogP contribution in [0.25, 0.3) is 0 Å². The van der Waals surface area contributed by atoms with E-state index in [-0.39, 0.29) is 6.04 Å². The molecule has 1 aromatic rings. The van der Waals surface area contributed by atoms with Crippen molar-refractivity contribution in [3.8, 4) is 0 Å². The maximum absolute atomic E-state index is 5.91. The minimum Gasteiger partial charge on any atom is -0.369 e. The first kappa shape index (κ1) is 13.9. The van der Waals surface area contributed by atoms with Gasteiger partial charge in [0.1, 0.15) is 0 Å². The Morgan fingerprint density at radius 2 is 1.60 bits per heavy atom. The standard InChI is InChI=1S/C17H27N3/c1-14(18)15-6-8-17(9-7-15)20-12-10-19(11-13-20)16-4-2-3-5-16/h6-9,14,16H,2-5,10-13,18H2,1H3/t14-/m1/s1. The number of piperazine rings is 1. The molecule has 1 aromatic carbocycles. The molecule has 0 spiro atoms. The molecule has 110 valence electrons. The van der Waals surface area contributed by atoms with Crippen molar-refractivity contribution in [2.75, 3.05) is 31.1 Å². The Bertz CT molecular complexity index is 412. The average Bonchev–Trinajstić information content (AvgIpc) is 3.02. The fraction of sp³-hybridized carbons (Fsp3) is 0.647. The van der Waals surface area contributed by atoms with Gasteiger partial charge in [0.15, 0.2) is 0 Å². The van der Waals surface area contributed by atoms with Gasteiger partial charge in [-0.3, -0.25) is 4.90 Å². The van der Waals surface area contributed by atoms with Gasteiger partial charge in [-0.2, -0.15) is 0 Å². The quantitative estimate of drug-likeness (QED) is 0.919. The second kappa shape index (κ2) is 6.15. The molecular formula is C17H27N3. The van der Waals surface area contributed by atoms with Crippen LogP contribution in [0.5, 0.6) is 0 Å². The molecule has 2 fully saturated rings. The van der Waals surface area contributed by atoms with E-state index in [1.54, 1.807) is 0 Å². The zero-order valence-electron chi connectivity index (χ0n) is 12.6. The number of rotatable bonds is 3. The number of hydrogen-bond donors (Lipinski definition) is 1. The molecule has 3 nitrogen and oxygen atoms in total. The third-order valence-corrected chi connectivity index (χ3v) is 4.94. The molecule has 2 aliphatic rings. The van der Waals surface area contributed by atoms with Crippen LogP contribution in [0.15, 0.2) is 24.3 Å². The normalized spacial score (nSPS) is 23.2. The molecule has 3 rings (SSSR count). The van der Waals surface area contributed by atoms with Crippen LogP contribution in [0.3, 0.4) is 0 Å². The molecule has 20 heavy (non-hydrogen) atoms. The highest BCUT2D eigenvalue weighted by molar-refractivity contribution is 5.48. The molecule has 2 N–H and O–H groups in total. The van der Waals surface area contributed by atoms with Gasteiger partial charge in [-0.1, -0.05) is 25.0 Å². The van der Waals surface area contributed by atoms with Crippen molar-refractivity contribution in [2.24, 2.45) is 5.73 Å². The number of nitrogens with zero attached hydrogens (tertiary/aromatic N) is 2. The molecule has 1 aliphatic carbocycles. The lowest BCUT2D eigenvalue weighted by Gasteiger charge is -2.39. The van der Waals surface area contributed by atoms with E-state index in [0.29, 0.717) is 0 Å². The second-order valence-electron chi connectivity index (χ2n) is 6.34. The van der Waals surface area contributed by atoms with Gasteiger partial charge in [0.05, 0.1) is 0 Å². The first-order valence-corrected chi connectivity index (χ1v) is 8.08. The largest absolute Gasteiger partial charge is 0.369 e. The van der Waals surface area contributed by atoms with Crippen molar-refractivity contribution < 1.29 is 0 Å². The molecule has 1 saturated carbocycles. The van der Waals surface area contributed by atoms with Crippen LogP contribution in [0.2, 0.25) is 0 Å². The van der Waals surface area contributed by atoms with Gasteiger partial charge in [0.25, 0.3) is 0 Å². The maximum Gasteiger partial charge on any atom is 0.0367 e. The first-order valence-electron chi connectivity index (χ1n) is 8.08. The molecule has 1 heterocycles. The highest BCUT2D eigenvalue weighted by Crippen LogP contribution is 2.26. The van der Waals surface area contributed by atoms with Crippen LogP contribution in [0.1, 0.15) is 44.2 Å². The molecule has 0 bridgehead atoms. The summed E-state index contributed by atoms with van der Waals surface area (Å²) in [6, 6.07) is 9.79. The monoisotopic (exact) mass is 273 g/mol. The van der Waals surface area contributed by atoms with E-state index in [0.717, 1.165) is 19.1 Å². The molecule has 1 saturated heterocycles. The number of hydrogen-bond acceptors (Lipinski definition) is 3. The van der Waals surface area contributed by atoms with E-state index in [4.69, 9.17) is 5.73 Å².